The van der Waals surface area contributed by atoms with Crippen molar-refractivity contribution in [2.45, 2.75) is 19.8 Å². The molecular formula is C7H10N2O. The lowest BCUT2D eigenvalue weighted by molar-refractivity contribution is -0.125. The molecule has 1 heterocycles. The Morgan fingerprint density at radius 1 is 1.90 bits per heavy atom. The number of carbonyl (C=O) groups is 1. The average molecular weight is 138 g/mol. The monoisotopic (exact) mass is 138 g/mol. The van der Waals surface area contributed by atoms with Crippen molar-refractivity contribution in [1.29, 1.82) is 5.26 Å². The van der Waals surface area contributed by atoms with Gasteiger partial charge in [0.1, 0.15) is 5.41 Å². The maximum Gasteiger partial charge on any atom is 0.240 e. The van der Waals surface area contributed by atoms with Gasteiger partial charge in [0.05, 0.1) is 6.07 Å². The SMILES string of the molecule is CCC1(C#N)CCNC1=O. The zero-order valence-electron chi connectivity index (χ0n) is 5.98. The predicted octanol–water partition coefficient (Wildman–Crippen LogP) is 0.426. The molecule has 0 radical (unpaired) electrons. The van der Waals surface area contributed by atoms with Gasteiger partial charge in [0.15, 0.2) is 0 Å². The summed E-state index contributed by atoms with van der Waals surface area (Å²) in [5.41, 5.74) is -0.708. The van der Waals surface area contributed by atoms with Crippen molar-refractivity contribution in [1.82, 2.24) is 5.32 Å². The molecule has 10 heavy (non-hydrogen) atoms. The molecular weight excluding hydrogens is 128 g/mol. The van der Waals surface area contributed by atoms with Crippen molar-refractivity contribution in [3.05, 3.63) is 0 Å². The van der Waals surface area contributed by atoms with Crippen LogP contribution in [-0.4, -0.2) is 12.5 Å². The highest BCUT2D eigenvalue weighted by atomic mass is 16.2. The Morgan fingerprint density at radius 2 is 2.60 bits per heavy atom. The van der Waals surface area contributed by atoms with E-state index in [9.17, 15) is 4.79 Å². The van der Waals surface area contributed by atoms with Crippen LogP contribution >= 0.6 is 0 Å². The van der Waals surface area contributed by atoms with Gasteiger partial charge < -0.3 is 5.32 Å². The van der Waals surface area contributed by atoms with Crippen LogP contribution in [0.2, 0.25) is 0 Å². The fourth-order valence-electron chi connectivity index (χ4n) is 1.20. The van der Waals surface area contributed by atoms with Gasteiger partial charge >= 0.3 is 0 Å². The molecule has 0 aromatic rings. The summed E-state index contributed by atoms with van der Waals surface area (Å²) >= 11 is 0. The Hall–Kier alpha value is -1.04. The summed E-state index contributed by atoms with van der Waals surface area (Å²) in [4.78, 5) is 11.0. The molecule has 3 heteroatoms. The summed E-state index contributed by atoms with van der Waals surface area (Å²) in [5.74, 6) is -0.0995. The van der Waals surface area contributed by atoms with E-state index in [0.29, 0.717) is 19.4 Å². The number of nitriles is 1. The molecule has 0 aliphatic carbocycles. The van der Waals surface area contributed by atoms with Gasteiger partial charge in [-0.25, -0.2) is 0 Å². The van der Waals surface area contributed by atoms with Crippen LogP contribution in [-0.2, 0) is 4.79 Å². The van der Waals surface area contributed by atoms with E-state index < -0.39 is 5.41 Å². The quantitative estimate of drug-likeness (QED) is 0.571. The molecule has 1 fully saturated rings. The van der Waals surface area contributed by atoms with Crippen molar-refractivity contribution < 1.29 is 4.79 Å². The van der Waals surface area contributed by atoms with E-state index in [1.165, 1.54) is 0 Å². The van der Waals surface area contributed by atoms with Crippen LogP contribution in [0.15, 0.2) is 0 Å². The number of carbonyl (C=O) groups excluding carboxylic acids is 1. The van der Waals surface area contributed by atoms with Crippen molar-refractivity contribution in [2.24, 2.45) is 5.41 Å². The predicted molar refractivity (Wildman–Crippen MR) is 36.0 cm³/mol. The molecule has 1 amide bonds. The maximum atomic E-state index is 11.0. The third-order valence-corrected chi connectivity index (χ3v) is 2.09. The maximum absolute atomic E-state index is 11.0. The lowest BCUT2D eigenvalue weighted by Gasteiger charge is -2.12. The number of hydrogen-bond donors (Lipinski definition) is 1. The number of nitrogens with zero attached hydrogens (tertiary/aromatic N) is 1. The summed E-state index contributed by atoms with van der Waals surface area (Å²) in [6, 6.07) is 2.06. The van der Waals surface area contributed by atoms with E-state index in [1.54, 1.807) is 0 Å². The minimum Gasteiger partial charge on any atom is -0.355 e. The lowest BCUT2D eigenvalue weighted by Crippen LogP contribution is -2.28. The minimum absolute atomic E-state index is 0.0995. The van der Waals surface area contributed by atoms with Crippen LogP contribution in [0, 0.1) is 16.7 Å². The highest BCUT2D eigenvalue weighted by Gasteiger charge is 2.40. The third-order valence-electron chi connectivity index (χ3n) is 2.09. The normalized spacial score (nSPS) is 31.4. The Kier molecular flexibility index (Phi) is 1.62. The van der Waals surface area contributed by atoms with Crippen LogP contribution in [0.1, 0.15) is 19.8 Å². The van der Waals surface area contributed by atoms with Crippen molar-refractivity contribution in [2.75, 3.05) is 6.54 Å². The first-order chi connectivity index (χ1) is 4.75. The zero-order chi connectivity index (χ0) is 7.61. The second-order valence-corrected chi connectivity index (χ2v) is 2.55. The molecule has 1 atom stereocenters. The van der Waals surface area contributed by atoms with E-state index in [2.05, 4.69) is 11.4 Å². The summed E-state index contributed by atoms with van der Waals surface area (Å²) < 4.78 is 0. The van der Waals surface area contributed by atoms with E-state index in [-0.39, 0.29) is 5.91 Å². The van der Waals surface area contributed by atoms with Crippen LogP contribution in [0.3, 0.4) is 0 Å². The molecule has 1 rings (SSSR count). The molecule has 0 aromatic carbocycles. The van der Waals surface area contributed by atoms with E-state index >= 15 is 0 Å². The zero-order valence-corrected chi connectivity index (χ0v) is 5.98. The average Bonchev–Trinajstić information content (AvgIpc) is 2.32. The number of amides is 1. The molecule has 1 aliphatic rings. The van der Waals surface area contributed by atoms with E-state index in [4.69, 9.17) is 5.26 Å². The smallest absolute Gasteiger partial charge is 0.240 e. The molecule has 1 aliphatic heterocycles. The first-order valence-electron chi connectivity index (χ1n) is 3.45. The van der Waals surface area contributed by atoms with E-state index in [1.807, 2.05) is 6.92 Å². The molecule has 1 unspecified atom stereocenters. The second-order valence-electron chi connectivity index (χ2n) is 2.55. The molecule has 0 aromatic heterocycles. The number of nitrogens with one attached hydrogen (secondary N) is 1. The molecule has 0 spiro atoms. The summed E-state index contributed by atoms with van der Waals surface area (Å²) in [7, 11) is 0. The van der Waals surface area contributed by atoms with Crippen LogP contribution in [0.5, 0.6) is 0 Å². The minimum atomic E-state index is -0.708. The molecule has 0 bridgehead atoms. The topological polar surface area (TPSA) is 52.9 Å². The lowest BCUT2D eigenvalue weighted by atomic mass is 9.85. The van der Waals surface area contributed by atoms with Gasteiger partial charge in [0.25, 0.3) is 0 Å². The first-order valence-corrected chi connectivity index (χ1v) is 3.45. The summed E-state index contributed by atoms with van der Waals surface area (Å²) in [5, 5.41) is 11.3. The third kappa shape index (κ3) is 0.766. The molecule has 3 nitrogen and oxygen atoms in total. The Balaban J connectivity index is 2.84. The van der Waals surface area contributed by atoms with Gasteiger partial charge in [0.2, 0.25) is 5.91 Å². The molecule has 1 saturated heterocycles. The standard InChI is InChI=1S/C7H10N2O/c1-2-7(5-8)3-4-9-6(7)10/h2-4H2,1H3,(H,9,10). The fraction of sp³-hybridized carbons (Fsp3) is 0.714. The number of hydrogen-bond acceptors (Lipinski definition) is 2. The first kappa shape index (κ1) is 7.07. The van der Waals surface area contributed by atoms with Crippen molar-refractivity contribution in [3.8, 4) is 6.07 Å². The van der Waals surface area contributed by atoms with Crippen LogP contribution < -0.4 is 5.32 Å². The molecule has 1 N–H and O–H groups in total. The number of rotatable bonds is 1. The van der Waals surface area contributed by atoms with Gasteiger partial charge in [0, 0.05) is 6.54 Å². The van der Waals surface area contributed by atoms with Crippen LogP contribution in [0.25, 0.3) is 0 Å². The van der Waals surface area contributed by atoms with E-state index in [0.717, 1.165) is 0 Å². The summed E-state index contributed by atoms with van der Waals surface area (Å²) in [6.45, 7) is 2.52. The summed E-state index contributed by atoms with van der Waals surface area (Å²) in [6.07, 6.45) is 1.29. The van der Waals surface area contributed by atoms with Gasteiger partial charge in [-0.1, -0.05) is 6.92 Å². The van der Waals surface area contributed by atoms with Crippen molar-refractivity contribution >= 4 is 5.91 Å². The second kappa shape index (κ2) is 2.30. The Labute approximate surface area is 60.0 Å². The fourth-order valence-corrected chi connectivity index (χ4v) is 1.20. The highest BCUT2D eigenvalue weighted by molar-refractivity contribution is 5.87. The van der Waals surface area contributed by atoms with Crippen molar-refractivity contribution in [3.63, 3.8) is 0 Å². The van der Waals surface area contributed by atoms with Gasteiger partial charge in [-0.15, -0.1) is 0 Å². The van der Waals surface area contributed by atoms with Gasteiger partial charge in [-0.2, -0.15) is 5.26 Å². The van der Waals surface area contributed by atoms with Crippen LogP contribution in [0.4, 0.5) is 0 Å². The highest BCUT2D eigenvalue weighted by Crippen LogP contribution is 2.28. The Morgan fingerprint density at radius 3 is 2.80 bits per heavy atom. The Bertz CT molecular complexity index is 194. The van der Waals surface area contributed by atoms with Gasteiger partial charge in [-0.05, 0) is 12.8 Å². The largest absolute Gasteiger partial charge is 0.355 e. The molecule has 0 saturated carbocycles. The molecule has 54 valence electrons. The van der Waals surface area contributed by atoms with Gasteiger partial charge in [-0.3, -0.25) is 4.79 Å².